The zero-order valence-corrected chi connectivity index (χ0v) is 11.9. The van der Waals surface area contributed by atoms with Gasteiger partial charge in [0.15, 0.2) is 0 Å². The first-order valence-electron chi connectivity index (χ1n) is 7.27. The van der Waals surface area contributed by atoms with Crippen molar-refractivity contribution < 1.29 is 4.79 Å². The average Bonchev–Trinajstić information content (AvgIpc) is 2.46. The molecule has 0 aromatic heterocycles. The topological polar surface area (TPSA) is 41.1 Å². The van der Waals surface area contributed by atoms with Crippen LogP contribution in [0.3, 0.4) is 0 Å². The predicted molar refractivity (Wildman–Crippen MR) is 77.8 cm³/mol. The van der Waals surface area contributed by atoms with E-state index in [4.69, 9.17) is 0 Å². The molecule has 1 unspecified atom stereocenters. The van der Waals surface area contributed by atoms with Gasteiger partial charge in [0.2, 0.25) is 5.91 Å². The van der Waals surface area contributed by atoms with Gasteiger partial charge < -0.3 is 10.6 Å². The molecule has 1 heterocycles. The Morgan fingerprint density at radius 3 is 2.58 bits per heavy atom. The molecule has 3 heteroatoms. The van der Waals surface area contributed by atoms with Gasteiger partial charge in [-0.1, -0.05) is 50.6 Å². The highest BCUT2D eigenvalue weighted by molar-refractivity contribution is 5.82. The van der Waals surface area contributed by atoms with Crippen molar-refractivity contribution in [3.05, 3.63) is 35.9 Å². The van der Waals surface area contributed by atoms with Crippen LogP contribution in [-0.2, 0) is 4.79 Å². The summed E-state index contributed by atoms with van der Waals surface area (Å²) in [6.07, 6.45) is 3.27. The van der Waals surface area contributed by atoms with Gasteiger partial charge in [0, 0.05) is 0 Å². The van der Waals surface area contributed by atoms with E-state index in [0.717, 1.165) is 19.4 Å². The third-order valence-electron chi connectivity index (χ3n) is 3.75. The zero-order chi connectivity index (χ0) is 13.7. The number of hydrogen-bond donors (Lipinski definition) is 2. The molecule has 0 radical (unpaired) electrons. The Bertz CT molecular complexity index is 396. The highest BCUT2D eigenvalue weighted by atomic mass is 16.2. The fraction of sp³-hybridized carbons (Fsp3) is 0.562. The summed E-state index contributed by atoms with van der Waals surface area (Å²) in [5.74, 6) is 0.525. The fourth-order valence-electron chi connectivity index (χ4n) is 2.62. The van der Waals surface area contributed by atoms with E-state index in [1.807, 2.05) is 18.2 Å². The second-order valence-electron chi connectivity index (χ2n) is 5.64. The van der Waals surface area contributed by atoms with Crippen molar-refractivity contribution >= 4 is 5.91 Å². The Morgan fingerprint density at radius 1 is 1.26 bits per heavy atom. The van der Waals surface area contributed by atoms with Crippen LogP contribution in [0.15, 0.2) is 30.3 Å². The molecule has 1 amide bonds. The molecule has 0 saturated carbocycles. The first-order valence-corrected chi connectivity index (χ1v) is 7.27. The van der Waals surface area contributed by atoms with Gasteiger partial charge in [0.05, 0.1) is 12.1 Å². The second-order valence-corrected chi connectivity index (χ2v) is 5.64. The van der Waals surface area contributed by atoms with Crippen LogP contribution in [0.25, 0.3) is 0 Å². The zero-order valence-electron chi connectivity index (χ0n) is 11.9. The average molecular weight is 260 g/mol. The number of rotatable bonds is 4. The SMILES string of the molecule is CC(C)C(NC(=O)[C@@H]1CCCCN1)c1ccccc1. The van der Waals surface area contributed by atoms with Crippen molar-refractivity contribution in [3.8, 4) is 0 Å². The van der Waals surface area contributed by atoms with E-state index in [2.05, 4.69) is 36.6 Å². The predicted octanol–water partition coefficient (Wildman–Crippen LogP) is 2.64. The lowest BCUT2D eigenvalue weighted by Crippen LogP contribution is -2.48. The van der Waals surface area contributed by atoms with Crippen LogP contribution in [0.1, 0.15) is 44.7 Å². The van der Waals surface area contributed by atoms with Gasteiger partial charge in [0.1, 0.15) is 0 Å². The van der Waals surface area contributed by atoms with Gasteiger partial charge in [-0.25, -0.2) is 0 Å². The molecule has 104 valence electrons. The molecular formula is C16H24N2O. The van der Waals surface area contributed by atoms with Crippen molar-refractivity contribution in [1.29, 1.82) is 0 Å². The number of carbonyl (C=O) groups is 1. The van der Waals surface area contributed by atoms with Gasteiger partial charge in [-0.2, -0.15) is 0 Å². The molecule has 3 nitrogen and oxygen atoms in total. The summed E-state index contributed by atoms with van der Waals surface area (Å²) >= 11 is 0. The smallest absolute Gasteiger partial charge is 0.237 e. The highest BCUT2D eigenvalue weighted by Gasteiger charge is 2.24. The summed E-state index contributed by atoms with van der Waals surface area (Å²) in [7, 11) is 0. The standard InChI is InChI=1S/C16H24N2O/c1-12(2)15(13-8-4-3-5-9-13)18-16(19)14-10-6-7-11-17-14/h3-5,8-9,12,14-15,17H,6-7,10-11H2,1-2H3,(H,18,19)/t14-,15?/m0/s1. The van der Waals surface area contributed by atoms with E-state index in [0.29, 0.717) is 5.92 Å². The number of hydrogen-bond acceptors (Lipinski definition) is 2. The van der Waals surface area contributed by atoms with Crippen LogP contribution in [0, 0.1) is 5.92 Å². The second kappa shape index (κ2) is 6.71. The molecule has 1 aliphatic heterocycles. The van der Waals surface area contributed by atoms with Crippen LogP contribution < -0.4 is 10.6 Å². The van der Waals surface area contributed by atoms with Crippen molar-refractivity contribution in [3.63, 3.8) is 0 Å². The van der Waals surface area contributed by atoms with Crippen LogP contribution >= 0.6 is 0 Å². The Kier molecular flexibility index (Phi) is 4.97. The molecule has 2 N–H and O–H groups in total. The molecule has 0 bridgehead atoms. The van der Waals surface area contributed by atoms with Crippen molar-refractivity contribution in [2.24, 2.45) is 5.92 Å². The molecule has 2 rings (SSSR count). The molecule has 1 saturated heterocycles. The number of piperidine rings is 1. The maximum atomic E-state index is 12.3. The number of benzene rings is 1. The molecule has 1 aromatic rings. The highest BCUT2D eigenvalue weighted by Crippen LogP contribution is 2.21. The largest absolute Gasteiger partial charge is 0.348 e. The summed E-state index contributed by atoms with van der Waals surface area (Å²) in [4.78, 5) is 12.3. The lowest BCUT2D eigenvalue weighted by molar-refractivity contribution is -0.124. The molecule has 1 fully saturated rings. The quantitative estimate of drug-likeness (QED) is 0.874. The number of carbonyl (C=O) groups excluding carboxylic acids is 1. The Balaban J connectivity index is 2.02. The van der Waals surface area contributed by atoms with Crippen molar-refractivity contribution in [2.75, 3.05) is 6.54 Å². The van der Waals surface area contributed by atoms with E-state index in [9.17, 15) is 4.79 Å². The van der Waals surface area contributed by atoms with Gasteiger partial charge in [0.25, 0.3) is 0 Å². The molecule has 0 aliphatic carbocycles. The van der Waals surface area contributed by atoms with Crippen LogP contribution in [0.2, 0.25) is 0 Å². The van der Waals surface area contributed by atoms with Crippen molar-refractivity contribution in [2.45, 2.75) is 45.2 Å². The van der Waals surface area contributed by atoms with E-state index in [-0.39, 0.29) is 18.0 Å². The number of amides is 1. The summed E-state index contributed by atoms with van der Waals surface area (Å²) in [6.45, 7) is 5.24. The molecule has 0 spiro atoms. The summed E-state index contributed by atoms with van der Waals surface area (Å²) < 4.78 is 0. The Hall–Kier alpha value is -1.35. The molecule has 19 heavy (non-hydrogen) atoms. The van der Waals surface area contributed by atoms with Gasteiger partial charge >= 0.3 is 0 Å². The summed E-state index contributed by atoms with van der Waals surface area (Å²) in [6, 6.07) is 10.3. The fourth-order valence-corrected chi connectivity index (χ4v) is 2.62. The van der Waals surface area contributed by atoms with Crippen LogP contribution in [0.4, 0.5) is 0 Å². The first-order chi connectivity index (χ1) is 9.18. The van der Waals surface area contributed by atoms with Crippen LogP contribution in [0.5, 0.6) is 0 Å². The minimum absolute atomic E-state index is 0.0151. The van der Waals surface area contributed by atoms with Gasteiger partial charge in [-0.3, -0.25) is 4.79 Å². The molecule has 2 atom stereocenters. The maximum Gasteiger partial charge on any atom is 0.237 e. The monoisotopic (exact) mass is 260 g/mol. The lowest BCUT2D eigenvalue weighted by atomic mass is 9.95. The minimum atomic E-state index is -0.0151. The minimum Gasteiger partial charge on any atom is -0.348 e. The first kappa shape index (κ1) is 14.1. The van der Waals surface area contributed by atoms with E-state index in [1.54, 1.807) is 0 Å². The van der Waals surface area contributed by atoms with Gasteiger partial charge in [-0.15, -0.1) is 0 Å². The molecular weight excluding hydrogens is 236 g/mol. The molecule has 1 aliphatic rings. The van der Waals surface area contributed by atoms with E-state index >= 15 is 0 Å². The Morgan fingerprint density at radius 2 is 2.00 bits per heavy atom. The van der Waals surface area contributed by atoms with Crippen molar-refractivity contribution in [1.82, 2.24) is 10.6 Å². The normalized spacial score (nSPS) is 21.1. The molecule has 1 aromatic carbocycles. The summed E-state index contributed by atoms with van der Waals surface area (Å²) in [5.41, 5.74) is 1.18. The number of nitrogens with one attached hydrogen (secondary N) is 2. The van der Waals surface area contributed by atoms with Gasteiger partial charge in [-0.05, 0) is 30.9 Å². The third-order valence-corrected chi connectivity index (χ3v) is 3.75. The lowest BCUT2D eigenvalue weighted by Gasteiger charge is -2.28. The van der Waals surface area contributed by atoms with Crippen LogP contribution in [-0.4, -0.2) is 18.5 Å². The summed E-state index contributed by atoms with van der Waals surface area (Å²) in [5, 5.41) is 6.50. The van der Waals surface area contributed by atoms with E-state index < -0.39 is 0 Å². The third kappa shape index (κ3) is 3.80. The maximum absolute atomic E-state index is 12.3. The van der Waals surface area contributed by atoms with E-state index in [1.165, 1.54) is 12.0 Å². The Labute approximate surface area is 115 Å².